The molecule has 0 bridgehead atoms. The summed E-state index contributed by atoms with van der Waals surface area (Å²) < 4.78 is 97.0. The molecule has 2 rings (SSSR count). The topological polar surface area (TPSA) is 78.0 Å². The quantitative estimate of drug-likeness (QED) is 0.196. The predicted molar refractivity (Wildman–Crippen MR) is 133 cm³/mol. The summed E-state index contributed by atoms with van der Waals surface area (Å²) in [5.74, 6) is -0.0988. The van der Waals surface area contributed by atoms with Gasteiger partial charge in [-0.3, -0.25) is 9.46 Å². The standard InChI is InChI=1S/C23H29BrF5N2O5P/c1-6-34-37(33,35-7-2)23(28,29)17-11-15-13-19(30-14-16(15)12-18(17)24)31(10-8-9-22(25,26)27)20(32)36-21(3,4)5/h11-14H,6-10H2,1-5H3. The molecule has 7 nitrogen and oxygen atoms in total. The van der Waals surface area contributed by atoms with Crippen LogP contribution in [0.15, 0.2) is 28.9 Å². The molecule has 0 aliphatic rings. The minimum Gasteiger partial charge on any atom is -0.443 e. The van der Waals surface area contributed by atoms with Crippen molar-refractivity contribution in [1.29, 1.82) is 0 Å². The molecule has 2 aromatic rings. The Kier molecular flexibility index (Phi) is 10.1. The molecule has 0 unspecified atom stereocenters. The molecule has 1 amide bonds. The molecule has 14 heteroatoms. The molecule has 0 saturated carbocycles. The molecular weight excluding hydrogens is 590 g/mol. The number of rotatable bonds is 10. The number of carbonyl (C=O) groups is 1. The zero-order valence-electron chi connectivity index (χ0n) is 21.0. The van der Waals surface area contributed by atoms with Gasteiger partial charge in [-0.2, -0.15) is 22.0 Å². The van der Waals surface area contributed by atoms with Crippen LogP contribution in [0.5, 0.6) is 0 Å². The van der Waals surface area contributed by atoms with E-state index in [1.54, 1.807) is 20.8 Å². The van der Waals surface area contributed by atoms with Gasteiger partial charge in [-0.25, -0.2) is 9.78 Å². The van der Waals surface area contributed by atoms with Crippen molar-refractivity contribution in [2.24, 2.45) is 0 Å². The molecular formula is C23H29BrF5N2O5P. The monoisotopic (exact) mass is 618 g/mol. The zero-order valence-corrected chi connectivity index (χ0v) is 23.5. The van der Waals surface area contributed by atoms with Gasteiger partial charge < -0.3 is 13.8 Å². The van der Waals surface area contributed by atoms with Gasteiger partial charge in [0.2, 0.25) is 0 Å². The van der Waals surface area contributed by atoms with Crippen LogP contribution in [0.4, 0.5) is 32.6 Å². The van der Waals surface area contributed by atoms with E-state index in [1.165, 1.54) is 32.2 Å². The molecule has 0 saturated heterocycles. The molecule has 0 aliphatic heterocycles. The van der Waals surface area contributed by atoms with Crippen LogP contribution in [-0.4, -0.2) is 42.6 Å². The molecule has 208 valence electrons. The fourth-order valence-electron chi connectivity index (χ4n) is 3.27. The Morgan fingerprint density at radius 2 is 1.62 bits per heavy atom. The van der Waals surface area contributed by atoms with E-state index in [4.69, 9.17) is 13.8 Å². The summed E-state index contributed by atoms with van der Waals surface area (Å²) in [6.45, 7) is 6.63. The van der Waals surface area contributed by atoms with Gasteiger partial charge in [0, 0.05) is 34.6 Å². The summed E-state index contributed by atoms with van der Waals surface area (Å²) in [5.41, 5.74) is -5.69. The second-order valence-electron chi connectivity index (χ2n) is 8.95. The molecule has 0 atom stereocenters. The number of hydrogen-bond acceptors (Lipinski definition) is 6. The number of nitrogens with zero attached hydrogens (tertiary/aromatic N) is 2. The number of carbonyl (C=O) groups excluding carboxylic acids is 1. The third-order valence-corrected chi connectivity index (χ3v) is 7.57. The first-order valence-electron chi connectivity index (χ1n) is 11.4. The van der Waals surface area contributed by atoms with E-state index < -0.39 is 49.5 Å². The van der Waals surface area contributed by atoms with Crippen LogP contribution in [0.3, 0.4) is 0 Å². The first-order valence-corrected chi connectivity index (χ1v) is 13.7. The molecule has 0 aliphatic carbocycles. The number of halogens is 6. The maximum absolute atomic E-state index is 15.5. The lowest BCUT2D eigenvalue weighted by Crippen LogP contribution is -2.38. The van der Waals surface area contributed by atoms with Gasteiger partial charge in [0.25, 0.3) is 0 Å². The van der Waals surface area contributed by atoms with E-state index in [0.717, 1.165) is 11.0 Å². The van der Waals surface area contributed by atoms with Crippen LogP contribution >= 0.6 is 23.5 Å². The summed E-state index contributed by atoms with van der Waals surface area (Å²) in [7, 11) is -4.92. The van der Waals surface area contributed by atoms with Gasteiger partial charge >= 0.3 is 25.5 Å². The fourth-order valence-corrected chi connectivity index (χ4v) is 5.60. The molecule has 0 fully saturated rings. The maximum atomic E-state index is 15.5. The third kappa shape index (κ3) is 8.08. The van der Waals surface area contributed by atoms with E-state index in [2.05, 4.69) is 20.9 Å². The SMILES string of the molecule is CCOP(=O)(OCC)C(F)(F)c1cc2cc(N(CCCC(F)(F)F)C(=O)OC(C)(C)C)ncc2cc1Br. The van der Waals surface area contributed by atoms with Crippen LogP contribution in [0.1, 0.15) is 53.0 Å². The summed E-state index contributed by atoms with van der Waals surface area (Å²) in [4.78, 5) is 17.9. The summed E-state index contributed by atoms with van der Waals surface area (Å²) in [5, 5.41) is 0.532. The lowest BCUT2D eigenvalue weighted by Gasteiger charge is -2.28. The second kappa shape index (κ2) is 11.9. The minimum atomic E-state index is -4.92. The number of ether oxygens (including phenoxy) is 1. The largest absolute Gasteiger partial charge is 0.443 e. The highest BCUT2D eigenvalue weighted by Crippen LogP contribution is 2.67. The van der Waals surface area contributed by atoms with Crippen LogP contribution in [0, 0.1) is 0 Å². The highest BCUT2D eigenvalue weighted by Gasteiger charge is 2.55. The summed E-state index contributed by atoms with van der Waals surface area (Å²) in [6, 6.07) is 3.63. The Morgan fingerprint density at radius 3 is 2.14 bits per heavy atom. The Morgan fingerprint density at radius 1 is 1.03 bits per heavy atom. The van der Waals surface area contributed by atoms with E-state index >= 15 is 8.78 Å². The van der Waals surface area contributed by atoms with Gasteiger partial charge in [0.15, 0.2) is 0 Å². The van der Waals surface area contributed by atoms with Crippen LogP contribution in [-0.2, 0) is 24.0 Å². The second-order valence-corrected chi connectivity index (χ2v) is 11.9. The van der Waals surface area contributed by atoms with Crippen LogP contribution in [0.2, 0.25) is 0 Å². The number of hydrogen-bond donors (Lipinski definition) is 0. The van der Waals surface area contributed by atoms with Crippen molar-refractivity contribution in [3.05, 3.63) is 34.4 Å². The number of aromatic nitrogens is 1. The Balaban J connectivity index is 2.58. The lowest BCUT2D eigenvalue weighted by molar-refractivity contribution is -0.135. The molecule has 37 heavy (non-hydrogen) atoms. The van der Waals surface area contributed by atoms with E-state index in [1.807, 2.05) is 0 Å². The maximum Gasteiger partial charge on any atom is 0.416 e. The highest BCUT2D eigenvalue weighted by molar-refractivity contribution is 9.10. The highest BCUT2D eigenvalue weighted by atomic mass is 79.9. The van der Waals surface area contributed by atoms with Crippen molar-refractivity contribution in [3.8, 4) is 0 Å². The van der Waals surface area contributed by atoms with Crippen molar-refractivity contribution >= 4 is 46.2 Å². The number of anilines is 1. The van der Waals surface area contributed by atoms with Crippen molar-refractivity contribution in [2.75, 3.05) is 24.7 Å². The first-order chi connectivity index (χ1) is 16.9. The molecule has 1 aromatic heterocycles. The molecule has 1 heterocycles. The molecule has 0 spiro atoms. The van der Waals surface area contributed by atoms with E-state index in [-0.39, 0.29) is 35.4 Å². The molecule has 0 N–H and O–H groups in total. The van der Waals surface area contributed by atoms with E-state index in [0.29, 0.717) is 5.39 Å². The number of fused-ring (bicyclic) bond motifs is 1. The smallest absolute Gasteiger partial charge is 0.416 e. The van der Waals surface area contributed by atoms with Crippen molar-refractivity contribution < 1.29 is 45.1 Å². The Hall–Kier alpha value is -1.82. The van der Waals surface area contributed by atoms with Gasteiger partial charge in [-0.15, -0.1) is 0 Å². The summed E-state index contributed by atoms with van der Waals surface area (Å²) >= 11 is 3.07. The van der Waals surface area contributed by atoms with Crippen molar-refractivity contribution in [1.82, 2.24) is 4.98 Å². The lowest BCUT2D eigenvalue weighted by atomic mass is 10.1. The molecule has 0 radical (unpaired) electrons. The van der Waals surface area contributed by atoms with Gasteiger partial charge in [-0.05, 0) is 64.6 Å². The average molecular weight is 619 g/mol. The number of alkyl halides is 5. The molecule has 1 aromatic carbocycles. The van der Waals surface area contributed by atoms with Crippen LogP contribution in [0.25, 0.3) is 10.8 Å². The number of benzene rings is 1. The Labute approximate surface area is 220 Å². The third-order valence-electron chi connectivity index (χ3n) is 4.79. The number of pyridine rings is 1. The van der Waals surface area contributed by atoms with Gasteiger partial charge in [0.1, 0.15) is 11.4 Å². The Bertz CT molecular complexity index is 1150. The normalized spacial score (nSPS) is 13.2. The zero-order chi connectivity index (χ0) is 28.2. The average Bonchev–Trinajstić information content (AvgIpc) is 2.74. The number of amides is 1. The minimum absolute atomic E-state index is 0.0895. The van der Waals surface area contributed by atoms with Crippen LogP contribution < -0.4 is 4.90 Å². The predicted octanol–water partition coefficient (Wildman–Crippen LogP) is 8.40. The first kappa shape index (κ1) is 31.4. The summed E-state index contributed by atoms with van der Waals surface area (Å²) in [6.07, 6.45) is -5.67. The van der Waals surface area contributed by atoms with E-state index in [9.17, 15) is 22.5 Å². The van der Waals surface area contributed by atoms with Crippen molar-refractivity contribution in [3.63, 3.8) is 0 Å². The fraction of sp³-hybridized carbons (Fsp3) is 0.565. The van der Waals surface area contributed by atoms with Gasteiger partial charge in [-0.1, -0.05) is 15.9 Å². The van der Waals surface area contributed by atoms with Gasteiger partial charge in [0.05, 0.1) is 13.2 Å². The van der Waals surface area contributed by atoms with Crippen molar-refractivity contribution in [2.45, 2.75) is 64.9 Å².